The Morgan fingerprint density at radius 2 is 1.93 bits per heavy atom. The van der Waals surface area contributed by atoms with Gasteiger partial charge in [0.25, 0.3) is 11.7 Å². The molecule has 0 spiro atoms. The van der Waals surface area contributed by atoms with Crippen LogP contribution in [0.3, 0.4) is 0 Å². The van der Waals surface area contributed by atoms with Gasteiger partial charge in [-0.15, -0.1) is 0 Å². The zero-order valence-electron chi connectivity index (χ0n) is 16.2. The van der Waals surface area contributed by atoms with E-state index in [1.54, 1.807) is 24.3 Å². The lowest BCUT2D eigenvalue weighted by molar-refractivity contribution is -0.140. The summed E-state index contributed by atoms with van der Waals surface area (Å²) in [7, 11) is 0. The maximum atomic E-state index is 12.9. The summed E-state index contributed by atoms with van der Waals surface area (Å²) in [5.41, 5.74) is 2.08. The van der Waals surface area contributed by atoms with Crippen molar-refractivity contribution in [2.45, 2.75) is 31.9 Å². The largest absolute Gasteiger partial charge is 0.508 e. The Morgan fingerprint density at radius 3 is 2.59 bits per heavy atom. The maximum absolute atomic E-state index is 12.9. The van der Waals surface area contributed by atoms with Crippen molar-refractivity contribution in [3.05, 3.63) is 70.8 Å². The van der Waals surface area contributed by atoms with Gasteiger partial charge in [-0.3, -0.25) is 9.59 Å². The summed E-state index contributed by atoms with van der Waals surface area (Å²) in [5.74, 6) is -1.58. The minimum Gasteiger partial charge on any atom is -0.508 e. The first-order valence-electron chi connectivity index (χ1n) is 9.71. The number of aliphatic hydroxyl groups excluding tert-OH is 1. The fourth-order valence-electron chi connectivity index (χ4n) is 3.98. The van der Waals surface area contributed by atoms with Crippen molar-refractivity contribution in [1.82, 2.24) is 4.90 Å². The van der Waals surface area contributed by atoms with E-state index in [-0.39, 0.29) is 29.7 Å². The maximum Gasteiger partial charge on any atom is 0.295 e. The second-order valence-corrected chi connectivity index (χ2v) is 7.55. The minimum absolute atomic E-state index is 0.0283. The Kier molecular flexibility index (Phi) is 5.11. The van der Waals surface area contributed by atoms with E-state index in [1.165, 1.54) is 17.0 Å². The highest BCUT2D eigenvalue weighted by Gasteiger charge is 2.47. The zero-order valence-corrected chi connectivity index (χ0v) is 16.2. The second kappa shape index (κ2) is 7.72. The van der Waals surface area contributed by atoms with Crippen LogP contribution in [-0.2, 0) is 14.3 Å². The van der Waals surface area contributed by atoms with Gasteiger partial charge in [0.1, 0.15) is 11.5 Å². The van der Waals surface area contributed by atoms with Gasteiger partial charge in [-0.2, -0.15) is 0 Å². The molecule has 2 aromatic carbocycles. The van der Waals surface area contributed by atoms with Crippen LogP contribution in [0.4, 0.5) is 0 Å². The highest BCUT2D eigenvalue weighted by molar-refractivity contribution is 6.46. The third-order valence-corrected chi connectivity index (χ3v) is 5.48. The number of ether oxygens (including phenoxy) is 1. The molecule has 2 aromatic rings. The Hall–Kier alpha value is -3.12. The van der Waals surface area contributed by atoms with Crippen molar-refractivity contribution in [3.63, 3.8) is 0 Å². The molecule has 0 saturated carbocycles. The average Bonchev–Trinajstić information content (AvgIpc) is 3.30. The van der Waals surface area contributed by atoms with Gasteiger partial charge in [0.05, 0.1) is 17.7 Å². The predicted octanol–water partition coefficient (Wildman–Crippen LogP) is 3.30. The Labute approximate surface area is 169 Å². The molecule has 0 radical (unpaired) electrons. The molecule has 150 valence electrons. The van der Waals surface area contributed by atoms with E-state index in [2.05, 4.69) is 0 Å². The number of Topliss-reactive ketones (excluding diaryl/α,β-unsaturated/α-hetero) is 1. The number of nitrogens with zero attached hydrogens (tertiary/aromatic N) is 1. The van der Waals surface area contributed by atoms with E-state index in [0.717, 1.165) is 18.4 Å². The van der Waals surface area contributed by atoms with E-state index in [0.29, 0.717) is 17.7 Å². The van der Waals surface area contributed by atoms with Crippen LogP contribution in [0.1, 0.15) is 35.6 Å². The number of carbonyl (C=O) groups excluding carboxylic acids is 2. The average molecular weight is 393 g/mol. The second-order valence-electron chi connectivity index (χ2n) is 7.55. The number of ketones is 1. The Bertz CT molecular complexity index is 973. The SMILES string of the molecule is Cc1ccc(/C(O)=C2/C(=O)C(=O)N(CC3CCCO3)C2c2cccc(O)c2)cc1. The zero-order chi connectivity index (χ0) is 20.5. The fraction of sp³-hybridized carbons (Fsp3) is 0.304. The molecule has 29 heavy (non-hydrogen) atoms. The highest BCUT2D eigenvalue weighted by atomic mass is 16.5. The Morgan fingerprint density at radius 1 is 1.17 bits per heavy atom. The molecule has 2 saturated heterocycles. The molecule has 4 rings (SSSR count). The van der Waals surface area contributed by atoms with Gasteiger partial charge in [0, 0.05) is 18.7 Å². The molecule has 2 N–H and O–H groups in total. The molecule has 1 amide bonds. The van der Waals surface area contributed by atoms with Crippen molar-refractivity contribution in [3.8, 4) is 5.75 Å². The lowest BCUT2D eigenvalue weighted by Crippen LogP contribution is -2.36. The van der Waals surface area contributed by atoms with Crippen molar-refractivity contribution >= 4 is 17.4 Å². The molecule has 6 nitrogen and oxygen atoms in total. The van der Waals surface area contributed by atoms with E-state index >= 15 is 0 Å². The van der Waals surface area contributed by atoms with E-state index in [1.807, 2.05) is 19.1 Å². The number of likely N-dealkylation sites (tertiary alicyclic amines) is 1. The number of carbonyl (C=O) groups is 2. The van der Waals surface area contributed by atoms with Gasteiger partial charge < -0.3 is 19.8 Å². The number of hydrogen-bond donors (Lipinski definition) is 2. The molecular formula is C23H23NO5. The molecule has 2 fully saturated rings. The van der Waals surface area contributed by atoms with E-state index in [9.17, 15) is 19.8 Å². The van der Waals surface area contributed by atoms with Gasteiger partial charge in [-0.25, -0.2) is 0 Å². The van der Waals surface area contributed by atoms with Gasteiger partial charge >= 0.3 is 0 Å². The minimum atomic E-state index is -0.785. The van der Waals surface area contributed by atoms with Crippen LogP contribution in [0.25, 0.3) is 5.76 Å². The number of hydrogen-bond acceptors (Lipinski definition) is 5. The lowest BCUT2D eigenvalue weighted by atomic mass is 9.95. The van der Waals surface area contributed by atoms with Gasteiger partial charge in [0.2, 0.25) is 0 Å². The molecule has 6 heteroatoms. The first-order valence-corrected chi connectivity index (χ1v) is 9.71. The number of benzene rings is 2. The number of aromatic hydroxyl groups is 1. The third-order valence-electron chi connectivity index (χ3n) is 5.48. The van der Waals surface area contributed by atoms with Crippen LogP contribution in [0.2, 0.25) is 0 Å². The lowest BCUT2D eigenvalue weighted by Gasteiger charge is -2.27. The molecular weight excluding hydrogens is 370 g/mol. The van der Waals surface area contributed by atoms with Gasteiger partial charge in [-0.1, -0.05) is 42.0 Å². The molecule has 0 aliphatic carbocycles. The summed E-state index contributed by atoms with van der Waals surface area (Å²) < 4.78 is 5.67. The summed E-state index contributed by atoms with van der Waals surface area (Å²) in [5, 5.41) is 20.9. The summed E-state index contributed by atoms with van der Waals surface area (Å²) >= 11 is 0. The van der Waals surface area contributed by atoms with Crippen LogP contribution < -0.4 is 0 Å². The fourth-order valence-corrected chi connectivity index (χ4v) is 3.98. The first kappa shape index (κ1) is 19.2. The number of aliphatic hydroxyl groups is 1. The van der Waals surface area contributed by atoms with Crippen LogP contribution in [0, 0.1) is 6.92 Å². The topological polar surface area (TPSA) is 87.1 Å². The van der Waals surface area contributed by atoms with Crippen LogP contribution in [-0.4, -0.2) is 46.1 Å². The molecule has 0 bridgehead atoms. The van der Waals surface area contributed by atoms with Crippen LogP contribution in [0.15, 0.2) is 54.1 Å². The number of phenols is 1. The molecule has 2 unspecified atom stereocenters. The monoisotopic (exact) mass is 393 g/mol. The summed E-state index contributed by atoms with van der Waals surface area (Å²) in [6, 6.07) is 12.8. The molecule has 2 aliphatic rings. The smallest absolute Gasteiger partial charge is 0.295 e. The number of aryl methyl sites for hydroxylation is 1. The van der Waals surface area contributed by atoms with Crippen LogP contribution >= 0.6 is 0 Å². The van der Waals surface area contributed by atoms with E-state index < -0.39 is 17.7 Å². The van der Waals surface area contributed by atoms with Crippen molar-refractivity contribution in [2.24, 2.45) is 0 Å². The highest BCUT2D eigenvalue weighted by Crippen LogP contribution is 2.40. The summed E-state index contributed by atoms with van der Waals surface area (Å²) in [6.07, 6.45) is 1.58. The number of phenolic OH excluding ortho intramolecular Hbond substituents is 1. The summed E-state index contributed by atoms with van der Waals surface area (Å²) in [4.78, 5) is 27.3. The van der Waals surface area contributed by atoms with Crippen molar-refractivity contribution in [1.29, 1.82) is 0 Å². The number of rotatable bonds is 4. The molecule has 0 aromatic heterocycles. The van der Waals surface area contributed by atoms with Crippen LogP contribution in [0.5, 0.6) is 5.75 Å². The Balaban J connectivity index is 1.83. The standard InChI is InChI=1S/C23H23NO5/c1-14-7-9-15(10-8-14)21(26)19-20(16-4-2-5-17(25)12-16)24(23(28)22(19)27)13-18-6-3-11-29-18/h2,4-5,7-10,12,18,20,25-26H,3,6,11,13H2,1H3/b21-19-. The molecule has 2 aliphatic heterocycles. The summed E-state index contributed by atoms with van der Waals surface area (Å²) in [6.45, 7) is 2.82. The predicted molar refractivity (Wildman–Crippen MR) is 107 cm³/mol. The first-order chi connectivity index (χ1) is 14.0. The number of amides is 1. The van der Waals surface area contributed by atoms with Crippen molar-refractivity contribution in [2.75, 3.05) is 13.2 Å². The van der Waals surface area contributed by atoms with Gasteiger partial charge in [0.15, 0.2) is 0 Å². The third kappa shape index (κ3) is 3.63. The van der Waals surface area contributed by atoms with Crippen molar-refractivity contribution < 1.29 is 24.5 Å². The molecule has 2 atom stereocenters. The molecule has 2 heterocycles. The normalized spacial score (nSPS) is 23.7. The van der Waals surface area contributed by atoms with Gasteiger partial charge in [-0.05, 0) is 37.5 Å². The quantitative estimate of drug-likeness (QED) is 0.473. The van der Waals surface area contributed by atoms with E-state index in [4.69, 9.17) is 4.74 Å².